The molecule has 3 atom stereocenters. The number of benzene rings is 1. The van der Waals surface area contributed by atoms with Gasteiger partial charge < -0.3 is 11.1 Å². The van der Waals surface area contributed by atoms with Crippen LogP contribution < -0.4 is 11.1 Å². The van der Waals surface area contributed by atoms with Gasteiger partial charge in [0, 0.05) is 12.6 Å². The highest BCUT2D eigenvalue weighted by Gasteiger charge is 2.25. The van der Waals surface area contributed by atoms with Gasteiger partial charge in [0.15, 0.2) is 0 Å². The zero-order valence-corrected chi connectivity index (χ0v) is 12.3. The molecule has 0 saturated heterocycles. The Hall–Kier alpha value is -1.35. The molecule has 1 aliphatic carbocycles. The topological polar surface area (TPSA) is 55.1 Å². The molecule has 1 amide bonds. The highest BCUT2D eigenvalue weighted by molar-refractivity contribution is 5.79. The molecule has 0 heterocycles. The van der Waals surface area contributed by atoms with E-state index in [1.165, 1.54) is 24.8 Å². The van der Waals surface area contributed by atoms with Gasteiger partial charge in [0.05, 0.1) is 5.92 Å². The van der Waals surface area contributed by atoms with Crippen LogP contribution in [0.3, 0.4) is 0 Å². The molecule has 0 radical (unpaired) electrons. The predicted molar refractivity (Wildman–Crippen MR) is 82.3 cm³/mol. The number of hydrogen-bond donors (Lipinski definition) is 2. The molecule has 1 fully saturated rings. The van der Waals surface area contributed by atoms with Crippen LogP contribution in [0, 0.1) is 11.8 Å². The van der Waals surface area contributed by atoms with Gasteiger partial charge in [-0.3, -0.25) is 4.79 Å². The minimum absolute atomic E-state index is 0.119. The highest BCUT2D eigenvalue weighted by atomic mass is 16.1. The molecular formula is C17H26N2O. The van der Waals surface area contributed by atoms with E-state index in [4.69, 9.17) is 5.73 Å². The average molecular weight is 274 g/mol. The summed E-state index contributed by atoms with van der Waals surface area (Å²) in [6.07, 6.45) is 5.57. The highest BCUT2D eigenvalue weighted by Crippen LogP contribution is 2.24. The van der Waals surface area contributed by atoms with Crippen molar-refractivity contribution in [2.75, 3.05) is 6.54 Å². The fraction of sp³-hybridized carbons (Fsp3) is 0.588. The number of nitrogens with one attached hydrogen (secondary N) is 1. The lowest BCUT2D eigenvalue weighted by Crippen LogP contribution is -2.45. The van der Waals surface area contributed by atoms with Crippen LogP contribution in [-0.4, -0.2) is 18.5 Å². The van der Waals surface area contributed by atoms with Crippen LogP contribution >= 0.6 is 0 Å². The molecule has 3 unspecified atom stereocenters. The van der Waals surface area contributed by atoms with Crippen molar-refractivity contribution in [2.24, 2.45) is 17.6 Å². The number of carbonyl (C=O) groups is 1. The van der Waals surface area contributed by atoms with Gasteiger partial charge in [-0.05, 0) is 30.7 Å². The first-order valence-electron chi connectivity index (χ1n) is 7.75. The first-order chi connectivity index (χ1) is 9.70. The molecule has 2 rings (SSSR count). The summed E-state index contributed by atoms with van der Waals surface area (Å²) in [7, 11) is 0. The average Bonchev–Trinajstić information content (AvgIpc) is 2.48. The lowest BCUT2D eigenvalue weighted by atomic mass is 9.85. The summed E-state index contributed by atoms with van der Waals surface area (Å²) in [6.45, 7) is 2.64. The van der Waals surface area contributed by atoms with Crippen molar-refractivity contribution in [1.82, 2.24) is 5.32 Å². The number of amides is 1. The fourth-order valence-electron chi connectivity index (χ4n) is 3.01. The van der Waals surface area contributed by atoms with Crippen molar-refractivity contribution in [3.63, 3.8) is 0 Å². The normalized spacial score (nSPS) is 24.1. The predicted octanol–water partition coefficient (Wildman–Crippen LogP) is 2.50. The zero-order chi connectivity index (χ0) is 14.4. The molecule has 3 heteroatoms. The number of nitrogens with two attached hydrogens (primary N) is 1. The van der Waals surface area contributed by atoms with Crippen molar-refractivity contribution >= 4 is 5.91 Å². The van der Waals surface area contributed by atoms with Crippen LogP contribution in [0.4, 0.5) is 0 Å². The van der Waals surface area contributed by atoms with Crippen molar-refractivity contribution in [2.45, 2.75) is 45.1 Å². The molecule has 0 aliphatic heterocycles. The smallest absolute Gasteiger partial charge is 0.224 e. The monoisotopic (exact) mass is 274 g/mol. The lowest BCUT2D eigenvalue weighted by molar-refractivity contribution is -0.126. The number of rotatable bonds is 5. The molecule has 3 N–H and O–H groups in total. The molecule has 0 aromatic heterocycles. The standard InChI is InChI=1S/C17H26N2O/c1-13-7-5-6-10-16(13)19-17(20)15(12-18)11-14-8-3-2-4-9-14/h2-4,8-9,13,15-16H,5-7,10-12,18H2,1H3,(H,19,20). The molecule has 1 aromatic carbocycles. The van der Waals surface area contributed by atoms with Crippen molar-refractivity contribution in [3.8, 4) is 0 Å². The second-order valence-electron chi connectivity index (χ2n) is 6.00. The van der Waals surface area contributed by atoms with Crippen molar-refractivity contribution < 1.29 is 4.79 Å². The molecule has 1 aliphatic rings. The molecule has 3 nitrogen and oxygen atoms in total. The zero-order valence-electron chi connectivity index (χ0n) is 12.3. The molecular weight excluding hydrogens is 248 g/mol. The SMILES string of the molecule is CC1CCCCC1NC(=O)C(CN)Cc1ccccc1. The Labute approximate surface area is 121 Å². The Morgan fingerprint density at radius 1 is 1.30 bits per heavy atom. The summed E-state index contributed by atoms with van der Waals surface area (Å²) in [4.78, 5) is 12.4. The van der Waals surface area contributed by atoms with E-state index in [1.807, 2.05) is 18.2 Å². The third-order valence-corrected chi connectivity index (χ3v) is 4.42. The maximum absolute atomic E-state index is 12.4. The first-order valence-corrected chi connectivity index (χ1v) is 7.75. The van der Waals surface area contributed by atoms with E-state index in [1.54, 1.807) is 0 Å². The maximum Gasteiger partial charge on any atom is 0.224 e. The van der Waals surface area contributed by atoms with Gasteiger partial charge in [0.25, 0.3) is 0 Å². The van der Waals surface area contributed by atoms with E-state index in [9.17, 15) is 4.79 Å². The van der Waals surface area contributed by atoms with Crippen molar-refractivity contribution in [1.29, 1.82) is 0 Å². The molecule has 110 valence electrons. The Bertz CT molecular complexity index is 418. The van der Waals surface area contributed by atoms with E-state index < -0.39 is 0 Å². The number of hydrogen-bond acceptors (Lipinski definition) is 2. The van der Waals surface area contributed by atoms with Crippen LogP contribution in [0.15, 0.2) is 30.3 Å². The van der Waals surface area contributed by atoms with Crippen molar-refractivity contribution in [3.05, 3.63) is 35.9 Å². The van der Waals surface area contributed by atoms with Gasteiger partial charge in [-0.1, -0.05) is 50.1 Å². The lowest BCUT2D eigenvalue weighted by Gasteiger charge is -2.30. The number of carbonyl (C=O) groups excluding carboxylic acids is 1. The van der Waals surface area contributed by atoms with Gasteiger partial charge in [-0.15, -0.1) is 0 Å². The largest absolute Gasteiger partial charge is 0.353 e. The van der Waals surface area contributed by atoms with E-state index in [2.05, 4.69) is 24.4 Å². The molecule has 20 heavy (non-hydrogen) atoms. The Morgan fingerprint density at radius 2 is 2.00 bits per heavy atom. The first kappa shape index (κ1) is 15.0. The summed E-state index contributed by atoms with van der Waals surface area (Å²) in [5, 5.41) is 3.22. The molecule has 1 aromatic rings. The van der Waals surface area contributed by atoms with E-state index in [0.29, 0.717) is 18.5 Å². The summed E-state index contributed by atoms with van der Waals surface area (Å²) < 4.78 is 0. The Morgan fingerprint density at radius 3 is 2.65 bits per heavy atom. The van der Waals surface area contributed by atoms with Crippen LogP contribution in [0.25, 0.3) is 0 Å². The second kappa shape index (κ2) is 7.44. The third kappa shape index (κ3) is 4.07. The second-order valence-corrected chi connectivity index (χ2v) is 6.00. The minimum Gasteiger partial charge on any atom is -0.353 e. The Balaban J connectivity index is 1.91. The summed E-state index contributed by atoms with van der Waals surface area (Å²) >= 11 is 0. The van der Waals surface area contributed by atoms with Gasteiger partial charge >= 0.3 is 0 Å². The summed E-state index contributed by atoms with van der Waals surface area (Å²) in [5.41, 5.74) is 6.98. The third-order valence-electron chi connectivity index (χ3n) is 4.42. The Kier molecular flexibility index (Phi) is 5.60. The van der Waals surface area contributed by atoms with E-state index in [-0.39, 0.29) is 11.8 Å². The summed E-state index contributed by atoms with van der Waals surface area (Å²) in [6, 6.07) is 10.4. The van der Waals surface area contributed by atoms with Crippen LogP contribution in [0.2, 0.25) is 0 Å². The van der Waals surface area contributed by atoms with E-state index >= 15 is 0 Å². The van der Waals surface area contributed by atoms with Gasteiger partial charge in [-0.25, -0.2) is 0 Å². The van der Waals surface area contributed by atoms with Gasteiger partial charge in [-0.2, -0.15) is 0 Å². The van der Waals surface area contributed by atoms with Crippen LogP contribution in [0.1, 0.15) is 38.2 Å². The van der Waals surface area contributed by atoms with Gasteiger partial charge in [0.1, 0.15) is 0 Å². The fourth-order valence-corrected chi connectivity index (χ4v) is 3.01. The summed E-state index contributed by atoms with van der Waals surface area (Å²) in [5.74, 6) is 0.587. The van der Waals surface area contributed by atoms with Crippen LogP contribution in [0.5, 0.6) is 0 Å². The minimum atomic E-state index is -0.119. The van der Waals surface area contributed by atoms with Crippen LogP contribution in [-0.2, 0) is 11.2 Å². The molecule has 0 bridgehead atoms. The van der Waals surface area contributed by atoms with Gasteiger partial charge in [0.2, 0.25) is 5.91 Å². The quantitative estimate of drug-likeness (QED) is 0.866. The maximum atomic E-state index is 12.4. The molecule has 0 spiro atoms. The van der Waals surface area contributed by atoms with E-state index in [0.717, 1.165) is 12.8 Å². The molecule has 1 saturated carbocycles.